The van der Waals surface area contributed by atoms with Crippen molar-refractivity contribution < 1.29 is 43.3 Å². The normalized spacial score (nSPS) is 16.3. The lowest BCUT2D eigenvalue weighted by Crippen LogP contribution is -3.00. The van der Waals surface area contributed by atoms with Gasteiger partial charge < -0.3 is 22.2 Å². The summed E-state index contributed by atoms with van der Waals surface area (Å²) in [7, 11) is -0.0967. The van der Waals surface area contributed by atoms with E-state index in [0.29, 0.717) is 16.9 Å². The number of likely N-dealkylation sites (tertiary alicyclic amines) is 1. The van der Waals surface area contributed by atoms with Crippen molar-refractivity contribution in [1.29, 1.82) is 0 Å². The van der Waals surface area contributed by atoms with Gasteiger partial charge in [-0.25, -0.2) is 8.42 Å². The van der Waals surface area contributed by atoms with E-state index < -0.39 is 39.9 Å². The van der Waals surface area contributed by atoms with Gasteiger partial charge in [0, 0.05) is 19.4 Å². The fraction of sp³-hybridized carbons (Fsp3) is 0.435. The number of quaternary nitrogens is 1. The molecule has 0 aliphatic carbocycles. The van der Waals surface area contributed by atoms with E-state index in [2.05, 4.69) is 19.4 Å². The highest BCUT2D eigenvalue weighted by molar-refractivity contribution is 7.92. The van der Waals surface area contributed by atoms with Gasteiger partial charge in [0.1, 0.15) is 6.54 Å². The minimum atomic E-state index is -4.71. The van der Waals surface area contributed by atoms with Crippen molar-refractivity contribution in [1.82, 2.24) is 5.32 Å². The first kappa shape index (κ1) is 29.2. The Morgan fingerprint density at radius 1 is 1.11 bits per heavy atom. The average molecular weight is 554 g/mol. The molecule has 0 bridgehead atoms. The molecule has 1 amide bonds. The number of alkyl halides is 3. The predicted molar refractivity (Wildman–Crippen MR) is 125 cm³/mol. The summed E-state index contributed by atoms with van der Waals surface area (Å²) in [5.74, 6) is -0.362. The Hall–Kier alpha value is -2.01. The first-order valence-electron chi connectivity index (χ1n) is 10.8. The molecule has 1 aliphatic heterocycles. The Bertz CT molecular complexity index is 1120. The maximum absolute atomic E-state index is 13.4. The number of nitrogens with one attached hydrogen (secondary N) is 1. The molecule has 1 fully saturated rings. The molecule has 1 saturated heterocycles. The summed E-state index contributed by atoms with van der Waals surface area (Å²) >= 11 is 6.14. The summed E-state index contributed by atoms with van der Waals surface area (Å²) < 4.78 is 68.3. The van der Waals surface area contributed by atoms with Crippen LogP contribution in [0, 0.1) is 5.92 Å². The number of sulfonamides is 1. The van der Waals surface area contributed by atoms with E-state index in [1.807, 2.05) is 0 Å². The predicted octanol–water partition coefficient (Wildman–Crippen LogP) is 1.16. The summed E-state index contributed by atoms with van der Waals surface area (Å²) in [6.45, 7) is 1.60. The Kier molecular flexibility index (Phi) is 9.49. The largest absolute Gasteiger partial charge is 1.00 e. The van der Waals surface area contributed by atoms with E-state index in [4.69, 9.17) is 11.6 Å². The number of carbonyl (C=O) groups is 1. The van der Waals surface area contributed by atoms with Crippen molar-refractivity contribution in [2.24, 2.45) is 5.92 Å². The number of anilines is 1. The van der Waals surface area contributed by atoms with Crippen molar-refractivity contribution in [3.05, 3.63) is 59.1 Å². The van der Waals surface area contributed by atoms with Gasteiger partial charge in [-0.1, -0.05) is 29.8 Å². The van der Waals surface area contributed by atoms with Crippen LogP contribution >= 0.6 is 11.6 Å². The first-order valence-corrected chi connectivity index (χ1v) is 12.6. The molecule has 3 rings (SSSR count). The molecule has 0 saturated carbocycles. The molecule has 2 aromatic carbocycles. The fourth-order valence-corrected chi connectivity index (χ4v) is 5.59. The molecule has 6 nitrogen and oxygen atoms in total. The third-order valence-electron chi connectivity index (χ3n) is 6.03. The summed E-state index contributed by atoms with van der Waals surface area (Å²) in [5, 5.41) is 2.54. The van der Waals surface area contributed by atoms with Crippen LogP contribution in [-0.2, 0) is 21.0 Å². The highest BCUT2D eigenvalue weighted by Crippen LogP contribution is 2.37. The highest BCUT2D eigenvalue weighted by atomic mass is 35.5. The summed E-state index contributed by atoms with van der Waals surface area (Å²) in [5.41, 5.74) is -1.48. The number of rotatable bonds is 7. The molecule has 35 heavy (non-hydrogen) atoms. The van der Waals surface area contributed by atoms with E-state index in [1.165, 1.54) is 24.3 Å². The minimum Gasteiger partial charge on any atom is -1.00 e. The molecule has 0 unspecified atom stereocenters. The second-order valence-corrected chi connectivity index (χ2v) is 11.4. The van der Waals surface area contributed by atoms with Gasteiger partial charge in [0.25, 0.3) is 10.0 Å². The van der Waals surface area contributed by atoms with Gasteiger partial charge in [0.05, 0.1) is 48.4 Å². The SMILES string of the molecule is C[N+]1(C)CCC(CNC(=O)CN(c2cc(C(F)(F)F)ccc2Cl)S(=O)(=O)c2ccccc2)CC1.[Cl-]. The zero-order valence-corrected chi connectivity index (χ0v) is 21.7. The maximum atomic E-state index is 13.4. The van der Waals surface area contributed by atoms with E-state index >= 15 is 0 Å². The summed E-state index contributed by atoms with van der Waals surface area (Å²) in [6.07, 6.45) is -2.88. The van der Waals surface area contributed by atoms with Gasteiger partial charge in [-0.2, -0.15) is 13.2 Å². The lowest BCUT2D eigenvalue weighted by molar-refractivity contribution is -0.896. The molecular weight excluding hydrogens is 526 g/mol. The monoisotopic (exact) mass is 553 g/mol. The number of amides is 1. The zero-order valence-electron chi connectivity index (χ0n) is 19.4. The van der Waals surface area contributed by atoms with Crippen molar-refractivity contribution in [3.8, 4) is 0 Å². The molecule has 1 heterocycles. The molecule has 0 atom stereocenters. The molecule has 194 valence electrons. The topological polar surface area (TPSA) is 66.5 Å². The molecule has 0 radical (unpaired) electrons. The Labute approximate surface area is 215 Å². The van der Waals surface area contributed by atoms with Gasteiger partial charge >= 0.3 is 6.18 Å². The lowest BCUT2D eigenvalue weighted by Gasteiger charge is -2.37. The van der Waals surface area contributed by atoms with Gasteiger partial charge in [0.2, 0.25) is 5.91 Å². The van der Waals surface area contributed by atoms with Crippen molar-refractivity contribution in [3.63, 3.8) is 0 Å². The number of piperidine rings is 1. The number of halogens is 5. The number of nitrogens with zero attached hydrogens (tertiary/aromatic N) is 2. The standard InChI is InChI=1S/C23H27ClF3N3O3S.ClH/c1-30(2)12-10-17(11-13-30)15-28-22(31)16-29(34(32,33)19-6-4-3-5-7-19)21-14-18(23(25,26)27)8-9-20(21)24;/h3-9,14,17H,10-13,15-16H2,1-2H3;1H. The number of hydrogen-bond donors (Lipinski definition) is 1. The second kappa shape index (κ2) is 11.4. The van der Waals surface area contributed by atoms with Crippen molar-refractivity contribution in [2.45, 2.75) is 23.9 Å². The maximum Gasteiger partial charge on any atom is 0.416 e. The van der Waals surface area contributed by atoms with Gasteiger partial charge in [-0.3, -0.25) is 9.10 Å². The first-order chi connectivity index (χ1) is 15.8. The van der Waals surface area contributed by atoms with Crippen LogP contribution in [-0.4, -0.2) is 59.1 Å². The van der Waals surface area contributed by atoms with E-state index in [9.17, 15) is 26.4 Å². The average Bonchev–Trinajstić information content (AvgIpc) is 2.77. The van der Waals surface area contributed by atoms with Gasteiger partial charge in [-0.15, -0.1) is 0 Å². The summed E-state index contributed by atoms with van der Waals surface area (Å²) in [4.78, 5) is 12.6. The molecule has 2 aromatic rings. The molecular formula is C23H28Cl2F3N3O3S. The van der Waals surface area contributed by atoms with Crippen LogP contribution in [0.3, 0.4) is 0 Å². The quantitative estimate of drug-likeness (QED) is 0.523. The number of carbonyl (C=O) groups excluding carboxylic acids is 1. The van der Waals surface area contributed by atoms with Crippen LogP contribution in [0.1, 0.15) is 18.4 Å². The molecule has 12 heteroatoms. The third kappa shape index (κ3) is 7.49. The number of benzene rings is 2. The molecule has 1 aliphatic rings. The van der Waals surface area contributed by atoms with Crippen LogP contribution in [0.4, 0.5) is 18.9 Å². The lowest BCUT2D eigenvalue weighted by atomic mass is 9.96. The second-order valence-electron chi connectivity index (χ2n) is 9.12. The summed E-state index contributed by atoms with van der Waals surface area (Å²) in [6, 6.07) is 9.60. The van der Waals surface area contributed by atoms with E-state index in [1.54, 1.807) is 6.07 Å². The van der Waals surface area contributed by atoms with Gasteiger partial charge in [0.15, 0.2) is 0 Å². The molecule has 1 N–H and O–H groups in total. The molecule has 0 aromatic heterocycles. The fourth-order valence-electron chi connectivity index (χ4n) is 3.87. The van der Waals surface area contributed by atoms with E-state index in [-0.39, 0.29) is 28.2 Å². The van der Waals surface area contributed by atoms with Crippen LogP contribution < -0.4 is 22.0 Å². The van der Waals surface area contributed by atoms with Crippen LogP contribution in [0.2, 0.25) is 5.02 Å². The van der Waals surface area contributed by atoms with Crippen LogP contribution in [0.25, 0.3) is 0 Å². The van der Waals surface area contributed by atoms with Crippen LogP contribution in [0.5, 0.6) is 0 Å². The Morgan fingerprint density at radius 3 is 2.29 bits per heavy atom. The number of hydrogen-bond acceptors (Lipinski definition) is 3. The highest BCUT2D eigenvalue weighted by Gasteiger charge is 2.35. The Balaban J connectivity index is 0.00000432. The van der Waals surface area contributed by atoms with Crippen LogP contribution in [0.15, 0.2) is 53.4 Å². The minimum absolute atomic E-state index is 0. The molecule has 0 spiro atoms. The smallest absolute Gasteiger partial charge is 0.416 e. The zero-order chi connectivity index (χ0) is 25.1. The van der Waals surface area contributed by atoms with Gasteiger partial charge in [-0.05, 0) is 36.2 Å². The Morgan fingerprint density at radius 2 is 1.71 bits per heavy atom. The van der Waals surface area contributed by atoms with Crippen molar-refractivity contribution >= 4 is 33.2 Å². The van der Waals surface area contributed by atoms with Crippen molar-refractivity contribution in [2.75, 3.05) is 44.6 Å². The third-order valence-corrected chi connectivity index (χ3v) is 8.13. The van der Waals surface area contributed by atoms with E-state index in [0.717, 1.165) is 42.5 Å².